The normalized spacial score (nSPS) is 13.9. The first-order chi connectivity index (χ1) is 7.33. The molecule has 0 unspecified atom stereocenters. The van der Waals surface area contributed by atoms with E-state index in [4.69, 9.17) is 5.73 Å². The molecule has 0 radical (unpaired) electrons. The molecule has 2 nitrogen and oxygen atoms in total. The lowest BCUT2D eigenvalue weighted by atomic mass is 10.1. The number of hydrogen-bond donors (Lipinski definition) is 1. The first kappa shape index (κ1) is 12.8. The van der Waals surface area contributed by atoms with Gasteiger partial charge in [-0.05, 0) is 24.6 Å². The van der Waals surface area contributed by atoms with Crippen LogP contribution in [0, 0.1) is 0 Å². The molecule has 0 aliphatic carbocycles. The maximum Gasteiger partial charge on any atom is 0.461 e. The van der Waals surface area contributed by atoms with Gasteiger partial charge in [-0.2, -0.15) is 17.6 Å². The molecule has 0 aromatic heterocycles. The Bertz CT molecular complexity index is 354. The maximum atomic E-state index is 12.6. The van der Waals surface area contributed by atoms with Crippen LogP contribution in [0.2, 0.25) is 0 Å². The number of hydrogen-bond acceptors (Lipinski definition) is 2. The first-order valence-corrected chi connectivity index (χ1v) is 4.53. The van der Waals surface area contributed by atoms with Crippen LogP contribution in [-0.2, 0) is 0 Å². The minimum atomic E-state index is -4.49. The number of halogens is 4. The standard InChI is InChI=1S/C10H11F4NO/c1-6(15)7-3-2-4-8(5-7)16-10(13,14)9(11)12/h2-6,9H,15H2,1H3/t6-/m1/s1. The van der Waals surface area contributed by atoms with Crippen LogP contribution in [0.15, 0.2) is 24.3 Å². The molecule has 90 valence electrons. The third kappa shape index (κ3) is 3.10. The van der Waals surface area contributed by atoms with Crippen LogP contribution >= 0.6 is 0 Å². The molecule has 16 heavy (non-hydrogen) atoms. The fourth-order valence-electron chi connectivity index (χ4n) is 1.06. The predicted octanol–water partition coefficient (Wildman–Crippen LogP) is 2.94. The first-order valence-electron chi connectivity index (χ1n) is 4.53. The van der Waals surface area contributed by atoms with E-state index < -0.39 is 12.5 Å². The van der Waals surface area contributed by atoms with E-state index in [0.29, 0.717) is 5.56 Å². The van der Waals surface area contributed by atoms with Crippen molar-refractivity contribution in [3.05, 3.63) is 29.8 Å². The number of alkyl halides is 4. The molecule has 1 aromatic carbocycles. The van der Waals surface area contributed by atoms with Crippen molar-refractivity contribution in [3.8, 4) is 5.75 Å². The van der Waals surface area contributed by atoms with Gasteiger partial charge in [0.15, 0.2) is 0 Å². The molecule has 0 bridgehead atoms. The molecule has 2 N–H and O–H groups in total. The largest absolute Gasteiger partial charge is 0.461 e. The highest BCUT2D eigenvalue weighted by atomic mass is 19.3. The van der Waals surface area contributed by atoms with Crippen molar-refractivity contribution >= 4 is 0 Å². The molecule has 0 aliphatic rings. The monoisotopic (exact) mass is 237 g/mol. The second-order valence-corrected chi connectivity index (χ2v) is 3.33. The molecule has 1 atom stereocenters. The number of nitrogens with two attached hydrogens (primary N) is 1. The summed E-state index contributed by atoms with van der Waals surface area (Å²) >= 11 is 0. The topological polar surface area (TPSA) is 35.2 Å². The Kier molecular flexibility index (Phi) is 3.74. The summed E-state index contributed by atoms with van der Waals surface area (Å²) < 4.78 is 52.8. The van der Waals surface area contributed by atoms with Crippen molar-refractivity contribution in [2.24, 2.45) is 5.73 Å². The fraction of sp³-hybridized carbons (Fsp3) is 0.400. The lowest BCUT2D eigenvalue weighted by Gasteiger charge is -2.17. The molecule has 6 heteroatoms. The summed E-state index contributed by atoms with van der Waals surface area (Å²) in [5, 5.41) is 0. The Morgan fingerprint density at radius 2 is 1.94 bits per heavy atom. The molecule has 0 saturated heterocycles. The van der Waals surface area contributed by atoms with Crippen molar-refractivity contribution in [2.45, 2.75) is 25.5 Å². The summed E-state index contributed by atoms with van der Waals surface area (Å²) in [5.41, 5.74) is 6.05. The van der Waals surface area contributed by atoms with Crippen LogP contribution in [0.5, 0.6) is 5.75 Å². The lowest BCUT2D eigenvalue weighted by Crippen LogP contribution is -2.33. The predicted molar refractivity (Wildman–Crippen MR) is 50.6 cm³/mol. The Morgan fingerprint density at radius 3 is 2.44 bits per heavy atom. The Morgan fingerprint density at radius 1 is 1.31 bits per heavy atom. The van der Waals surface area contributed by atoms with Gasteiger partial charge in [-0.25, -0.2) is 0 Å². The molecular weight excluding hydrogens is 226 g/mol. The van der Waals surface area contributed by atoms with E-state index >= 15 is 0 Å². The quantitative estimate of drug-likeness (QED) is 0.817. The third-order valence-electron chi connectivity index (χ3n) is 1.89. The van der Waals surface area contributed by atoms with E-state index in [0.717, 1.165) is 0 Å². The van der Waals surface area contributed by atoms with Crippen molar-refractivity contribution in [1.82, 2.24) is 0 Å². The summed E-state index contributed by atoms with van der Waals surface area (Å²) in [5.74, 6) is -0.333. The van der Waals surface area contributed by atoms with Crippen LogP contribution in [0.1, 0.15) is 18.5 Å². The van der Waals surface area contributed by atoms with Crippen LogP contribution in [0.3, 0.4) is 0 Å². The summed E-state index contributed by atoms with van der Waals surface area (Å²) in [6, 6.07) is 5.00. The zero-order valence-corrected chi connectivity index (χ0v) is 8.46. The Labute approximate surface area is 90.0 Å². The summed E-state index contributed by atoms with van der Waals surface area (Å²) in [4.78, 5) is 0. The lowest BCUT2D eigenvalue weighted by molar-refractivity contribution is -0.253. The van der Waals surface area contributed by atoms with Crippen LogP contribution < -0.4 is 10.5 Å². The van der Waals surface area contributed by atoms with E-state index in [1.165, 1.54) is 18.2 Å². The average molecular weight is 237 g/mol. The number of benzene rings is 1. The van der Waals surface area contributed by atoms with Gasteiger partial charge in [0.25, 0.3) is 0 Å². The number of rotatable bonds is 4. The van der Waals surface area contributed by atoms with Gasteiger partial charge in [-0.1, -0.05) is 12.1 Å². The third-order valence-corrected chi connectivity index (χ3v) is 1.89. The summed E-state index contributed by atoms with van der Waals surface area (Å²) in [7, 11) is 0. The summed E-state index contributed by atoms with van der Waals surface area (Å²) in [6.45, 7) is 1.64. The molecule has 1 aromatic rings. The second-order valence-electron chi connectivity index (χ2n) is 3.33. The second kappa shape index (κ2) is 4.69. The van der Waals surface area contributed by atoms with Gasteiger partial charge < -0.3 is 10.5 Å². The zero-order valence-electron chi connectivity index (χ0n) is 8.46. The van der Waals surface area contributed by atoms with Gasteiger partial charge >= 0.3 is 12.5 Å². The zero-order chi connectivity index (χ0) is 12.3. The van der Waals surface area contributed by atoms with Crippen LogP contribution in [-0.4, -0.2) is 12.5 Å². The SMILES string of the molecule is C[C@@H](N)c1cccc(OC(F)(F)C(F)F)c1. The van der Waals surface area contributed by atoms with E-state index in [1.54, 1.807) is 13.0 Å². The van der Waals surface area contributed by atoms with Crippen molar-refractivity contribution in [2.75, 3.05) is 0 Å². The Balaban J connectivity index is 2.86. The van der Waals surface area contributed by atoms with E-state index in [9.17, 15) is 17.6 Å². The molecular formula is C10H11F4NO. The molecule has 0 fully saturated rings. The van der Waals surface area contributed by atoms with Crippen molar-refractivity contribution in [3.63, 3.8) is 0 Å². The van der Waals surface area contributed by atoms with Crippen molar-refractivity contribution in [1.29, 1.82) is 0 Å². The highest BCUT2D eigenvalue weighted by molar-refractivity contribution is 5.30. The molecule has 0 heterocycles. The molecule has 1 rings (SSSR count). The van der Waals surface area contributed by atoms with Gasteiger partial charge in [0.05, 0.1) is 0 Å². The van der Waals surface area contributed by atoms with E-state index in [1.807, 2.05) is 0 Å². The minimum Gasteiger partial charge on any atom is -0.428 e. The average Bonchev–Trinajstić information content (AvgIpc) is 2.17. The van der Waals surface area contributed by atoms with Gasteiger partial charge in [-0.3, -0.25) is 0 Å². The van der Waals surface area contributed by atoms with E-state index in [-0.39, 0.29) is 11.8 Å². The highest BCUT2D eigenvalue weighted by Crippen LogP contribution is 2.28. The highest BCUT2D eigenvalue weighted by Gasteiger charge is 2.43. The van der Waals surface area contributed by atoms with Crippen LogP contribution in [0.4, 0.5) is 17.6 Å². The minimum absolute atomic E-state index is 0.333. The van der Waals surface area contributed by atoms with Gasteiger partial charge in [0, 0.05) is 6.04 Å². The smallest absolute Gasteiger partial charge is 0.428 e. The molecule has 0 amide bonds. The fourth-order valence-corrected chi connectivity index (χ4v) is 1.06. The molecule has 0 spiro atoms. The van der Waals surface area contributed by atoms with Crippen molar-refractivity contribution < 1.29 is 22.3 Å². The number of ether oxygens (including phenoxy) is 1. The van der Waals surface area contributed by atoms with Gasteiger partial charge in [-0.15, -0.1) is 0 Å². The van der Waals surface area contributed by atoms with E-state index in [2.05, 4.69) is 4.74 Å². The maximum absolute atomic E-state index is 12.6. The Hall–Kier alpha value is -1.30. The molecule has 0 aliphatic heterocycles. The molecule has 0 saturated carbocycles. The van der Waals surface area contributed by atoms with Gasteiger partial charge in [0.1, 0.15) is 5.75 Å². The van der Waals surface area contributed by atoms with Gasteiger partial charge in [0.2, 0.25) is 0 Å². The van der Waals surface area contributed by atoms with Crippen LogP contribution in [0.25, 0.3) is 0 Å². The summed E-state index contributed by atoms with van der Waals surface area (Å²) in [6.07, 6.45) is -8.36.